The lowest BCUT2D eigenvalue weighted by Crippen LogP contribution is -2.45. The molecule has 0 radical (unpaired) electrons. The van der Waals surface area contributed by atoms with E-state index in [2.05, 4.69) is 5.32 Å². The molecule has 0 saturated carbocycles. The van der Waals surface area contributed by atoms with Crippen LogP contribution in [0, 0.1) is 5.92 Å². The Bertz CT molecular complexity index is 700. The third-order valence-electron chi connectivity index (χ3n) is 4.15. The fourth-order valence-corrected chi connectivity index (χ4v) is 2.76. The molecule has 0 bridgehead atoms. The lowest BCUT2D eigenvalue weighted by molar-refractivity contribution is -0.144. The monoisotopic (exact) mass is 427 g/mol. The summed E-state index contributed by atoms with van der Waals surface area (Å²) in [7, 11) is 0. The number of rotatable bonds is 12. The average molecular weight is 427 g/mol. The van der Waals surface area contributed by atoms with Crippen LogP contribution in [0.3, 0.4) is 0 Å². The summed E-state index contributed by atoms with van der Waals surface area (Å²) in [5, 5.41) is 21.0. The number of amides is 1. The second-order valence-electron chi connectivity index (χ2n) is 7.88. The van der Waals surface area contributed by atoms with Gasteiger partial charge in [0.1, 0.15) is 30.7 Å². The Morgan fingerprint density at radius 3 is 2.23 bits per heavy atom. The number of carbonyl (C=O) groups is 3. The minimum absolute atomic E-state index is 0.0122. The summed E-state index contributed by atoms with van der Waals surface area (Å²) in [6.07, 6.45) is 0.189. The highest BCUT2D eigenvalue weighted by molar-refractivity contribution is 5.81. The lowest BCUT2D eigenvalue weighted by atomic mass is 9.93. The van der Waals surface area contributed by atoms with Crippen molar-refractivity contribution in [3.8, 4) is 5.75 Å². The number of carboxylic acid groups (broad SMARTS) is 2. The minimum atomic E-state index is -1.37. The number of nitrogens with one attached hydrogen (secondary N) is 1. The van der Waals surface area contributed by atoms with Gasteiger partial charge in [-0.3, -0.25) is 4.79 Å². The molecule has 0 aliphatic rings. The van der Waals surface area contributed by atoms with Crippen molar-refractivity contribution in [1.82, 2.24) is 5.32 Å². The van der Waals surface area contributed by atoms with E-state index in [-0.39, 0.29) is 19.4 Å². The van der Waals surface area contributed by atoms with Gasteiger partial charge in [-0.2, -0.15) is 0 Å². The van der Waals surface area contributed by atoms with Crippen LogP contribution in [-0.4, -0.2) is 53.2 Å². The van der Waals surface area contributed by atoms with E-state index < -0.39 is 42.3 Å². The molecule has 0 unspecified atom stereocenters. The summed E-state index contributed by atoms with van der Waals surface area (Å²) in [6, 6.07) is 5.68. The predicted molar refractivity (Wildman–Crippen MR) is 107 cm³/mol. The molecule has 1 rings (SSSR count). The van der Waals surface area contributed by atoms with Crippen molar-refractivity contribution < 1.29 is 38.5 Å². The van der Waals surface area contributed by atoms with Crippen molar-refractivity contribution in [2.75, 3.05) is 13.3 Å². The van der Waals surface area contributed by atoms with Gasteiger partial charge in [0.05, 0.1) is 5.92 Å². The van der Waals surface area contributed by atoms with E-state index in [1.54, 1.807) is 32.9 Å². The molecule has 0 aliphatic heterocycles. The number of carboxylic acids is 2. The molecular weight excluding hydrogens is 397 g/mol. The van der Waals surface area contributed by atoms with Crippen molar-refractivity contribution in [3.05, 3.63) is 29.8 Å². The number of aliphatic carboxylic acids is 2. The molecule has 30 heavy (non-hydrogen) atoms. The van der Waals surface area contributed by atoms with E-state index in [1.807, 2.05) is 12.1 Å². The van der Waals surface area contributed by atoms with Crippen molar-refractivity contribution in [1.29, 1.82) is 0 Å². The molecule has 1 aromatic rings. The Labute approximate surface area is 175 Å². The van der Waals surface area contributed by atoms with Gasteiger partial charge in [0, 0.05) is 0 Å². The summed E-state index contributed by atoms with van der Waals surface area (Å²) in [5.41, 5.74) is 0.152. The Hall–Kier alpha value is -2.84. The maximum absolute atomic E-state index is 12.1. The van der Waals surface area contributed by atoms with E-state index >= 15 is 0 Å². The molecule has 2 atom stereocenters. The Morgan fingerprint density at radius 2 is 1.73 bits per heavy atom. The predicted octanol–water partition coefficient (Wildman–Crippen LogP) is 3.43. The molecule has 0 fully saturated rings. The van der Waals surface area contributed by atoms with Gasteiger partial charge in [-0.05, 0) is 64.2 Å². The zero-order chi connectivity index (χ0) is 22.7. The summed E-state index contributed by atoms with van der Waals surface area (Å²) in [6.45, 7) is 4.34. The first-order valence-electron chi connectivity index (χ1n) is 9.74. The van der Waals surface area contributed by atoms with Crippen LogP contribution in [0.15, 0.2) is 24.3 Å². The topological polar surface area (TPSA) is 122 Å². The molecule has 1 aromatic carbocycles. The van der Waals surface area contributed by atoms with Gasteiger partial charge < -0.3 is 25.0 Å². The van der Waals surface area contributed by atoms with Crippen LogP contribution >= 0.6 is 0 Å². The zero-order valence-corrected chi connectivity index (χ0v) is 17.5. The fourth-order valence-electron chi connectivity index (χ4n) is 2.76. The van der Waals surface area contributed by atoms with Crippen LogP contribution in [-0.2, 0) is 20.7 Å². The van der Waals surface area contributed by atoms with E-state index in [4.69, 9.17) is 9.47 Å². The molecule has 3 N–H and O–H groups in total. The first kappa shape index (κ1) is 25.2. The zero-order valence-electron chi connectivity index (χ0n) is 17.5. The quantitative estimate of drug-likeness (QED) is 0.467. The maximum Gasteiger partial charge on any atom is 0.408 e. The lowest BCUT2D eigenvalue weighted by Gasteiger charge is -2.23. The van der Waals surface area contributed by atoms with E-state index in [0.717, 1.165) is 5.56 Å². The number of alkyl carbamates (subject to hydrolysis) is 1. The van der Waals surface area contributed by atoms with E-state index in [1.165, 1.54) is 0 Å². The van der Waals surface area contributed by atoms with E-state index in [0.29, 0.717) is 18.6 Å². The second-order valence-corrected chi connectivity index (χ2v) is 7.88. The maximum atomic E-state index is 12.1. The average Bonchev–Trinajstić information content (AvgIpc) is 2.63. The molecule has 9 heteroatoms. The molecule has 168 valence electrons. The summed E-state index contributed by atoms with van der Waals surface area (Å²) in [4.78, 5) is 34.9. The number of halogens is 1. The van der Waals surface area contributed by atoms with Crippen molar-refractivity contribution in [2.45, 2.75) is 58.1 Å². The van der Waals surface area contributed by atoms with Gasteiger partial charge in [0.15, 0.2) is 0 Å². The van der Waals surface area contributed by atoms with E-state index in [9.17, 15) is 29.0 Å². The van der Waals surface area contributed by atoms with Crippen LogP contribution in [0.1, 0.15) is 45.6 Å². The minimum Gasteiger partial charge on any atom is -0.491 e. The van der Waals surface area contributed by atoms with Gasteiger partial charge in [0.2, 0.25) is 0 Å². The highest BCUT2D eigenvalue weighted by Gasteiger charge is 2.29. The molecule has 8 nitrogen and oxygen atoms in total. The Morgan fingerprint density at radius 1 is 1.10 bits per heavy atom. The van der Waals surface area contributed by atoms with Gasteiger partial charge in [-0.25, -0.2) is 14.0 Å². The summed E-state index contributed by atoms with van der Waals surface area (Å²) < 4.78 is 22.3. The van der Waals surface area contributed by atoms with Crippen molar-refractivity contribution in [3.63, 3.8) is 0 Å². The standard InChI is InChI=1S/C21H30FNO7/c1-21(2,3)30-20(28)23-17(19(26)27)13-15(18(24)25)6-4-5-14-7-9-16(10-8-14)29-12-11-22/h7-10,15,17H,4-6,11-13H2,1-3H3,(H,23,28)(H,24,25)(H,26,27)/t15-,17+/m0/s1. The van der Waals surface area contributed by atoms with Crippen LogP contribution in [0.25, 0.3) is 0 Å². The molecule has 0 aromatic heterocycles. The van der Waals surface area contributed by atoms with Crippen LogP contribution in [0.2, 0.25) is 0 Å². The Balaban J connectivity index is 2.60. The van der Waals surface area contributed by atoms with Crippen LogP contribution in [0.5, 0.6) is 5.75 Å². The highest BCUT2D eigenvalue weighted by Crippen LogP contribution is 2.19. The van der Waals surface area contributed by atoms with Crippen LogP contribution in [0.4, 0.5) is 9.18 Å². The molecule has 0 spiro atoms. The normalized spacial score (nSPS) is 13.2. The van der Waals surface area contributed by atoms with Gasteiger partial charge in [-0.1, -0.05) is 12.1 Å². The molecule has 0 saturated heterocycles. The number of alkyl halides is 1. The largest absolute Gasteiger partial charge is 0.491 e. The second kappa shape index (κ2) is 12.0. The summed E-state index contributed by atoms with van der Waals surface area (Å²) in [5.74, 6) is -2.83. The van der Waals surface area contributed by atoms with Crippen molar-refractivity contribution in [2.24, 2.45) is 5.92 Å². The first-order chi connectivity index (χ1) is 14.0. The SMILES string of the molecule is CC(C)(C)OC(=O)N[C@H](C[C@H](CCCc1ccc(OCCF)cc1)C(=O)O)C(=O)O. The molecule has 1 amide bonds. The molecular formula is C21H30FNO7. The van der Waals surface area contributed by atoms with Crippen LogP contribution < -0.4 is 10.1 Å². The van der Waals surface area contributed by atoms with Gasteiger partial charge in [0.25, 0.3) is 0 Å². The number of hydrogen-bond donors (Lipinski definition) is 3. The van der Waals surface area contributed by atoms with Gasteiger partial charge in [-0.15, -0.1) is 0 Å². The first-order valence-corrected chi connectivity index (χ1v) is 9.74. The molecule has 0 aliphatic carbocycles. The number of carbonyl (C=O) groups excluding carboxylic acids is 1. The van der Waals surface area contributed by atoms with Gasteiger partial charge >= 0.3 is 18.0 Å². The van der Waals surface area contributed by atoms with Crippen molar-refractivity contribution >= 4 is 18.0 Å². The summed E-state index contributed by atoms with van der Waals surface area (Å²) >= 11 is 0. The third kappa shape index (κ3) is 10.1. The number of hydrogen-bond acceptors (Lipinski definition) is 5. The number of aryl methyl sites for hydroxylation is 1. The third-order valence-corrected chi connectivity index (χ3v) is 4.15. The highest BCUT2D eigenvalue weighted by atomic mass is 19.1. The smallest absolute Gasteiger partial charge is 0.408 e. The molecule has 0 heterocycles. The number of ether oxygens (including phenoxy) is 2. The fraction of sp³-hybridized carbons (Fsp3) is 0.571. The Kier molecular flexibility index (Phi) is 10.1. The number of benzene rings is 1.